The van der Waals surface area contributed by atoms with Gasteiger partial charge in [0.05, 0.1) is 21.7 Å². The number of piperidine rings is 1. The maximum atomic E-state index is 13.7. The summed E-state index contributed by atoms with van der Waals surface area (Å²) in [6.45, 7) is 1.38. The number of carbonyl (C=O) groups excluding carboxylic acids is 1. The number of nitrogens with zero attached hydrogens (tertiary/aromatic N) is 5. The predicted molar refractivity (Wildman–Crippen MR) is 132 cm³/mol. The first-order chi connectivity index (χ1) is 16.9. The molecule has 35 heavy (non-hydrogen) atoms. The van der Waals surface area contributed by atoms with Crippen LogP contribution in [-0.2, 0) is 21.4 Å². The van der Waals surface area contributed by atoms with Crippen LogP contribution >= 0.6 is 11.3 Å². The summed E-state index contributed by atoms with van der Waals surface area (Å²) in [7, 11) is -3.74. The summed E-state index contributed by atoms with van der Waals surface area (Å²) in [4.78, 5) is 20.1. The molecule has 4 aromatic rings. The van der Waals surface area contributed by atoms with Gasteiger partial charge in [0.15, 0.2) is 5.13 Å². The Morgan fingerprint density at radius 2 is 1.83 bits per heavy atom. The molecule has 0 aliphatic carbocycles. The SMILES string of the molecule is O=C(C1CCN(S(=O)(=O)c2ccc(F)cc2)CC1)N(CCn1cccn1)c1nc2ccccc2s1. The maximum Gasteiger partial charge on any atom is 0.243 e. The van der Waals surface area contributed by atoms with E-state index in [1.54, 1.807) is 15.8 Å². The first-order valence-electron chi connectivity index (χ1n) is 11.3. The lowest BCUT2D eigenvalue weighted by Crippen LogP contribution is -2.45. The van der Waals surface area contributed by atoms with Crippen molar-refractivity contribution in [3.63, 3.8) is 0 Å². The van der Waals surface area contributed by atoms with Crippen molar-refractivity contribution in [2.75, 3.05) is 24.5 Å². The third kappa shape index (κ3) is 4.97. The number of carbonyl (C=O) groups is 1. The number of anilines is 1. The number of fused-ring (bicyclic) bond motifs is 1. The lowest BCUT2D eigenvalue weighted by atomic mass is 9.96. The second-order valence-electron chi connectivity index (χ2n) is 8.36. The van der Waals surface area contributed by atoms with Gasteiger partial charge >= 0.3 is 0 Å². The fourth-order valence-electron chi connectivity index (χ4n) is 4.23. The minimum absolute atomic E-state index is 0.0546. The zero-order valence-corrected chi connectivity index (χ0v) is 20.5. The van der Waals surface area contributed by atoms with Crippen LogP contribution in [0.5, 0.6) is 0 Å². The molecule has 0 saturated carbocycles. The standard InChI is InChI=1S/C24H24FN5O3S2/c25-19-6-8-20(9-7-19)35(32,33)29-14-10-18(11-15-29)23(31)30(17-16-28-13-3-12-26-28)24-27-21-4-1-2-5-22(21)34-24/h1-9,12-13,18H,10-11,14-17H2. The number of amides is 1. The summed E-state index contributed by atoms with van der Waals surface area (Å²) in [6, 6.07) is 14.4. The second kappa shape index (κ2) is 9.84. The van der Waals surface area contributed by atoms with Crippen molar-refractivity contribution >= 4 is 42.6 Å². The summed E-state index contributed by atoms with van der Waals surface area (Å²) >= 11 is 1.47. The van der Waals surface area contributed by atoms with Crippen molar-refractivity contribution in [3.05, 3.63) is 72.8 Å². The van der Waals surface area contributed by atoms with Gasteiger partial charge < -0.3 is 0 Å². The zero-order chi connectivity index (χ0) is 24.4. The Morgan fingerprint density at radius 3 is 2.51 bits per heavy atom. The molecule has 2 aromatic heterocycles. The Labute approximate surface area is 206 Å². The summed E-state index contributed by atoms with van der Waals surface area (Å²) in [6.07, 6.45) is 4.35. The number of para-hydroxylation sites is 1. The van der Waals surface area contributed by atoms with E-state index in [0.29, 0.717) is 31.1 Å². The number of benzene rings is 2. The monoisotopic (exact) mass is 513 g/mol. The average Bonchev–Trinajstić information content (AvgIpc) is 3.54. The number of aromatic nitrogens is 3. The van der Waals surface area contributed by atoms with Crippen molar-refractivity contribution < 1.29 is 17.6 Å². The van der Waals surface area contributed by atoms with Gasteiger partial charge in [0, 0.05) is 37.9 Å². The number of hydrogen-bond donors (Lipinski definition) is 0. The number of sulfonamides is 1. The Hall–Kier alpha value is -3.15. The summed E-state index contributed by atoms with van der Waals surface area (Å²) in [5.41, 5.74) is 0.838. The van der Waals surface area contributed by atoms with Crippen LogP contribution in [0, 0.1) is 11.7 Å². The smallest absolute Gasteiger partial charge is 0.243 e. The lowest BCUT2D eigenvalue weighted by molar-refractivity contribution is -0.123. The van der Waals surface area contributed by atoms with Crippen LogP contribution < -0.4 is 4.90 Å². The quantitative estimate of drug-likeness (QED) is 0.375. The molecule has 0 N–H and O–H groups in total. The topological polar surface area (TPSA) is 88.4 Å². The number of hydrogen-bond acceptors (Lipinski definition) is 6. The lowest BCUT2D eigenvalue weighted by Gasteiger charge is -2.33. The molecule has 0 radical (unpaired) electrons. The van der Waals surface area contributed by atoms with Crippen LogP contribution in [0.15, 0.2) is 71.9 Å². The van der Waals surface area contributed by atoms with E-state index in [1.165, 1.54) is 27.8 Å². The summed E-state index contributed by atoms with van der Waals surface area (Å²) < 4.78 is 43.3. The average molecular weight is 514 g/mol. The molecule has 0 spiro atoms. The molecule has 0 bridgehead atoms. The predicted octanol–water partition coefficient (Wildman–Crippen LogP) is 3.77. The van der Waals surface area contributed by atoms with Gasteiger partial charge in [-0.1, -0.05) is 23.5 Å². The molecule has 1 aliphatic heterocycles. The largest absolute Gasteiger partial charge is 0.286 e. The molecule has 5 rings (SSSR count). The van der Waals surface area contributed by atoms with Crippen LogP contribution in [-0.4, -0.2) is 53.0 Å². The molecular formula is C24H24FN5O3S2. The highest BCUT2D eigenvalue weighted by Crippen LogP contribution is 2.32. The third-order valence-electron chi connectivity index (χ3n) is 6.15. The van der Waals surface area contributed by atoms with Crippen molar-refractivity contribution in [2.45, 2.75) is 24.3 Å². The number of halogens is 1. The zero-order valence-electron chi connectivity index (χ0n) is 18.8. The van der Waals surface area contributed by atoms with E-state index in [2.05, 4.69) is 10.1 Å². The Morgan fingerprint density at radius 1 is 1.09 bits per heavy atom. The summed E-state index contributed by atoms with van der Waals surface area (Å²) in [5, 5.41) is 4.86. The van der Waals surface area contributed by atoms with E-state index in [-0.39, 0.29) is 29.8 Å². The van der Waals surface area contributed by atoms with E-state index in [4.69, 9.17) is 0 Å². The van der Waals surface area contributed by atoms with E-state index in [0.717, 1.165) is 22.3 Å². The molecule has 11 heteroatoms. The molecule has 182 valence electrons. The van der Waals surface area contributed by atoms with Crippen LogP contribution in [0.3, 0.4) is 0 Å². The van der Waals surface area contributed by atoms with E-state index in [9.17, 15) is 17.6 Å². The molecular weight excluding hydrogens is 489 g/mol. The first-order valence-corrected chi connectivity index (χ1v) is 13.6. The molecule has 8 nitrogen and oxygen atoms in total. The highest BCUT2D eigenvalue weighted by atomic mass is 32.2. The first kappa shape index (κ1) is 23.6. The Balaban J connectivity index is 1.32. The van der Waals surface area contributed by atoms with E-state index >= 15 is 0 Å². The number of thiazole rings is 1. The molecule has 1 amide bonds. The molecule has 1 aliphatic rings. The van der Waals surface area contributed by atoms with Crippen LogP contribution in [0.4, 0.5) is 9.52 Å². The van der Waals surface area contributed by atoms with E-state index in [1.807, 2.05) is 36.5 Å². The third-order valence-corrected chi connectivity index (χ3v) is 9.12. The second-order valence-corrected chi connectivity index (χ2v) is 11.3. The van der Waals surface area contributed by atoms with Gasteiger partial charge in [0.2, 0.25) is 15.9 Å². The number of rotatable bonds is 7. The highest BCUT2D eigenvalue weighted by molar-refractivity contribution is 7.89. The minimum atomic E-state index is -3.74. The Kier molecular flexibility index (Phi) is 6.63. The van der Waals surface area contributed by atoms with Crippen LogP contribution in [0.2, 0.25) is 0 Å². The highest BCUT2D eigenvalue weighted by Gasteiger charge is 2.35. The van der Waals surface area contributed by atoms with Crippen LogP contribution in [0.1, 0.15) is 12.8 Å². The van der Waals surface area contributed by atoms with Gasteiger partial charge in [-0.25, -0.2) is 17.8 Å². The van der Waals surface area contributed by atoms with Crippen LogP contribution in [0.25, 0.3) is 10.2 Å². The normalized spacial score (nSPS) is 15.5. The molecule has 3 heterocycles. The van der Waals surface area contributed by atoms with Gasteiger partial charge in [-0.3, -0.25) is 14.4 Å². The van der Waals surface area contributed by atoms with Crippen molar-refractivity contribution in [2.24, 2.45) is 5.92 Å². The molecule has 1 fully saturated rings. The maximum absolute atomic E-state index is 13.7. The molecule has 0 atom stereocenters. The molecule has 2 aromatic carbocycles. The van der Waals surface area contributed by atoms with E-state index < -0.39 is 15.8 Å². The van der Waals surface area contributed by atoms with Gasteiger partial charge in [-0.2, -0.15) is 9.40 Å². The molecule has 0 unspecified atom stereocenters. The minimum Gasteiger partial charge on any atom is -0.286 e. The van der Waals surface area contributed by atoms with Gasteiger partial charge in [-0.15, -0.1) is 0 Å². The fraction of sp³-hybridized carbons (Fsp3) is 0.292. The van der Waals surface area contributed by atoms with Crippen molar-refractivity contribution in [3.8, 4) is 0 Å². The summed E-state index contributed by atoms with van der Waals surface area (Å²) in [5.74, 6) is -0.868. The van der Waals surface area contributed by atoms with Gasteiger partial charge in [0.25, 0.3) is 0 Å². The Bertz CT molecular complexity index is 1380. The van der Waals surface area contributed by atoms with Gasteiger partial charge in [0.1, 0.15) is 5.82 Å². The van der Waals surface area contributed by atoms with Gasteiger partial charge in [-0.05, 0) is 55.3 Å². The fourth-order valence-corrected chi connectivity index (χ4v) is 6.70. The van der Waals surface area contributed by atoms with Crippen molar-refractivity contribution in [1.29, 1.82) is 0 Å². The van der Waals surface area contributed by atoms with Crippen molar-refractivity contribution in [1.82, 2.24) is 19.1 Å². The molecule has 1 saturated heterocycles.